The summed E-state index contributed by atoms with van der Waals surface area (Å²) in [7, 11) is 0. The number of nitrogens with zero attached hydrogens (tertiary/aromatic N) is 4. The molecule has 0 spiro atoms. The zero-order chi connectivity index (χ0) is 25.9. The summed E-state index contributed by atoms with van der Waals surface area (Å²) >= 11 is 0. The Morgan fingerprint density at radius 1 is 0.973 bits per heavy atom. The van der Waals surface area contributed by atoms with Crippen LogP contribution in [0, 0.1) is 0 Å². The molecule has 0 bridgehead atoms. The van der Waals surface area contributed by atoms with E-state index in [0.29, 0.717) is 17.7 Å². The maximum Gasteiger partial charge on any atom is 0.270 e. The fraction of sp³-hybridized carbons (Fsp3) is 0.192. The zero-order valence-corrected chi connectivity index (χ0v) is 19.9. The highest BCUT2D eigenvalue weighted by Crippen LogP contribution is 2.24. The molecule has 1 aliphatic heterocycles. The first kappa shape index (κ1) is 23.8. The molecule has 2 aromatic carbocycles. The molecule has 2 amide bonds. The maximum absolute atomic E-state index is 13.0. The molecule has 11 nitrogen and oxygen atoms in total. The Bertz CT molecular complexity index is 1540. The Hall–Kier alpha value is -4.93. The lowest BCUT2D eigenvalue weighted by Crippen LogP contribution is -2.28. The topological polar surface area (TPSA) is 145 Å². The van der Waals surface area contributed by atoms with Crippen LogP contribution < -0.4 is 15.4 Å². The van der Waals surface area contributed by atoms with Gasteiger partial charge in [-0.15, -0.1) is 0 Å². The highest BCUT2D eigenvalue weighted by atomic mass is 16.5. The average molecular weight is 498 g/mol. The number of nitrogens with one attached hydrogen (secondary N) is 2. The number of hydrogen-bond acceptors (Lipinski definition) is 8. The van der Waals surface area contributed by atoms with E-state index in [1.54, 1.807) is 30.3 Å². The standard InChI is InChI=1S/C26H22N6O5/c1-15(33)18-5-2-16(3-6-18)11-28-25(36)22-10-21(31-26-29-14-30-32(22)26)24(35)27-12-17-4-7-23-19(8-17)9-20(34)13-37-23/h2-8,10,14H,9,11-13H2,1H3,(H,27,35)(H,28,36). The lowest BCUT2D eigenvalue weighted by atomic mass is 10.0. The monoisotopic (exact) mass is 498 g/mol. The lowest BCUT2D eigenvalue weighted by molar-refractivity contribution is -0.121. The van der Waals surface area contributed by atoms with Crippen LogP contribution in [0.2, 0.25) is 0 Å². The molecule has 0 atom stereocenters. The van der Waals surface area contributed by atoms with Gasteiger partial charge >= 0.3 is 0 Å². The van der Waals surface area contributed by atoms with Crippen LogP contribution in [0.1, 0.15) is 54.9 Å². The number of carbonyl (C=O) groups excluding carboxylic acids is 4. The van der Waals surface area contributed by atoms with Crippen LogP contribution in [-0.4, -0.2) is 49.6 Å². The minimum atomic E-state index is -0.496. The molecule has 0 saturated heterocycles. The summed E-state index contributed by atoms with van der Waals surface area (Å²) in [6.07, 6.45) is 1.54. The SMILES string of the molecule is CC(=O)c1ccc(CNC(=O)c2cc(C(=O)NCc3ccc4c(c3)CC(=O)CO4)nc3ncnn23)cc1. The van der Waals surface area contributed by atoms with Crippen LogP contribution in [0.5, 0.6) is 5.75 Å². The number of aromatic nitrogens is 4. The number of rotatable bonds is 7. The number of benzene rings is 2. The van der Waals surface area contributed by atoms with E-state index in [4.69, 9.17) is 4.74 Å². The van der Waals surface area contributed by atoms with Crippen LogP contribution in [0.4, 0.5) is 0 Å². The summed E-state index contributed by atoms with van der Waals surface area (Å²) < 4.78 is 6.66. The van der Waals surface area contributed by atoms with Gasteiger partial charge in [-0.25, -0.2) is 4.98 Å². The molecule has 37 heavy (non-hydrogen) atoms. The van der Waals surface area contributed by atoms with Gasteiger partial charge in [0.2, 0.25) is 0 Å². The van der Waals surface area contributed by atoms with Gasteiger partial charge in [0.25, 0.3) is 17.6 Å². The molecule has 3 heterocycles. The average Bonchev–Trinajstić information content (AvgIpc) is 3.38. The number of Topliss-reactive ketones (excluding diaryl/α,β-unsaturated/α-hetero) is 2. The molecular formula is C26H22N6O5. The largest absolute Gasteiger partial charge is 0.486 e. The summed E-state index contributed by atoms with van der Waals surface area (Å²) in [5.74, 6) is -0.237. The van der Waals surface area contributed by atoms with Crippen LogP contribution in [0.25, 0.3) is 5.78 Å². The van der Waals surface area contributed by atoms with Gasteiger partial charge in [0.05, 0.1) is 0 Å². The third-order valence-electron chi connectivity index (χ3n) is 5.88. The minimum absolute atomic E-state index is 0.00150. The Morgan fingerprint density at radius 2 is 1.70 bits per heavy atom. The van der Waals surface area contributed by atoms with Gasteiger partial charge < -0.3 is 15.4 Å². The molecular weight excluding hydrogens is 476 g/mol. The normalized spacial score (nSPS) is 12.5. The molecule has 0 unspecified atom stereocenters. The van der Waals surface area contributed by atoms with E-state index in [0.717, 1.165) is 16.7 Å². The van der Waals surface area contributed by atoms with Crippen molar-refractivity contribution in [1.29, 1.82) is 0 Å². The van der Waals surface area contributed by atoms with Crippen molar-refractivity contribution in [2.45, 2.75) is 26.4 Å². The molecule has 0 saturated carbocycles. The molecule has 11 heteroatoms. The Kier molecular flexibility index (Phi) is 6.42. The number of fused-ring (bicyclic) bond motifs is 2. The van der Waals surface area contributed by atoms with E-state index in [1.807, 2.05) is 12.1 Å². The van der Waals surface area contributed by atoms with E-state index in [9.17, 15) is 19.2 Å². The second-order valence-electron chi connectivity index (χ2n) is 8.56. The summed E-state index contributed by atoms with van der Waals surface area (Å²) in [6.45, 7) is 1.96. The fourth-order valence-electron chi connectivity index (χ4n) is 3.94. The molecule has 2 aromatic heterocycles. The third-order valence-corrected chi connectivity index (χ3v) is 5.88. The number of hydrogen-bond donors (Lipinski definition) is 2. The van der Waals surface area contributed by atoms with Crippen molar-refractivity contribution in [3.63, 3.8) is 0 Å². The van der Waals surface area contributed by atoms with Gasteiger partial charge in [0, 0.05) is 36.7 Å². The molecule has 2 N–H and O–H groups in total. The molecule has 186 valence electrons. The summed E-state index contributed by atoms with van der Waals surface area (Å²) in [6, 6.07) is 13.7. The van der Waals surface area contributed by atoms with E-state index in [-0.39, 0.29) is 48.4 Å². The van der Waals surface area contributed by atoms with Crippen LogP contribution in [-0.2, 0) is 24.3 Å². The second-order valence-corrected chi connectivity index (χ2v) is 8.56. The fourth-order valence-corrected chi connectivity index (χ4v) is 3.94. The van der Waals surface area contributed by atoms with Crippen molar-refractivity contribution >= 4 is 29.2 Å². The van der Waals surface area contributed by atoms with Crippen molar-refractivity contribution in [3.8, 4) is 5.75 Å². The zero-order valence-electron chi connectivity index (χ0n) is 19.9. The Balaban J connectivity index is 1.29. The van der Waals surface area contributed by atoms with Crippen molar-refractivity contribution in [1.82, 2.24) is 30.2 Å². The van der Waals surface area contributed by atoms with Crippen LogP contribution >= 0.6 is 0 Å². The van der Waals surface area contributed by atoms with Crippen LogP contribution in [0.15, 0.2) is 54.9 Å². The molecule has 0 fully saturated rings. The van der Waals surface area contributed by atoms with Crippen molar-refractivity contribution in [2.24, 2.45) is 0 Å². The van der Waals surface area contributed by atoms with Crippen LogP contribution in [0.3, 0.4) is 0 Å². The van der Waals surface area contributed by atoms with Gasteiger partial charge in [-0.3, -0.25) is 19.2 Å². The lowest BCUT2D eigenvalue weighted by Gasteiger charge is -2.17. The summed E-state index contributed by atoms with van der Waals surface area (Å²) in [4.78, 5) is 57.2. The van der Waals surface area contributed by atoms with E-state index in [2.05, 4.69) is 25.7 Å². The molecule has 1 aliphatic rings. The first-order chi connectivity index (χ1) is 17.9. The number of ether oxygens (including phenoxy) is 1. The van der Waals surface area contributed by atoms with Gasteiger partial charge in [-0.05, 0) is 30.2 Å². The van der Waals surface area contributed by atoms with Gasteiger partial charge in [0.15, 0.2) is 11.6 Å². The van der Waals surface area contributed by atoms with E-state index in [1.165, 1.54) is 23.8 Å². The quantitative estimate of drug-likeness (QED) is 0.366. The molecule has 0 radical (unpaired) electrons. The first-order valence-corrected chi connectivity index (χ1v) is 11.5. The molecule has 4 aromatic rings. The predicted octanol–water partition coefficient (Wildman–Crippen LogP) is 1.69. The third kappa shape index (κ3) is 5.20. The van der Waals surface area contributed by atoms with Gasteiger partial charge in [-0.1, -0.05) is 30.3 Å². The van der Waals surface area contributed by atoms with E-state index >= 15 is 0 Å². The smallest absolute Gasteiger partial charge is 0.270 e. The number of carbonyl (C=O) groups is 4. The van der Waals surface area contributed by atoms with Crippen molar-refractivity contribution < 1.29 is 23.9 Å². The second kappa shape index (κ2) is 9.97. The summed E-state index contributed by atoms with van der Waals surface area (Å²) in [5.41, 5.74) is 3.06. The van der Waals surface area contributed by atoms with Gasteiger partial charge in [-0.2, -0.15) is 14.6 Å². The Labute approximate surface area is 210 Å². The highest BCUT2D eigenvalue weighted by Gasteiger charge is 2.20. The number of ketones is 2. The molecule has 5 rings (SSSR count). The number of amides is 2. The highest BCUT2D eigenvalue weighted by molar-refractivity contribution is 5.98. The van der Waals surface area contributed by atoms with Crippen molar-refractivity contribution in [3.05, 3.63) is 88.5 Å². The minimum Gasteiger partial charge on any atom is -0.486 e. The maximum atomic E-state index is 13.0. The van der Waals surface area contributed by atoms with Gasteiger partial charge in [0.1, 0.15) is 30.1 Å². The van der Waals surface area contributed by atoms with E-state index < -0.39 is 11.8 Å². The summed E-state index contributed by atoms with van der Waals surface area (Å²) in [5, 5.41) is 9.62. The predicted molar refractivity (Wildman–Crippen MR) is 130 cm³/mol. The molecule has 0 aliphatic carbocycles. The van der Waals surface area contributed by atoms with Crippen molar-refractivity contribution in [2.75, 3.05) is 6.61 Å². The Morgan fingerprint density at radius 3 is 2.49 bits per heavy atom. The first-order valence-electron chi connectivity index (χ1n) is 11.5.